The predicted octanol–water partition coefficient (Wildman–Crippen LogP) is 1.57. The second-order valence-electron chi connectivity index (χ2n) is 3.39. The van der Waals surface area contributed by atoms with Gasteiger partial charge in [-0.15, -0.1) is 0 Å². The van der Waals surface area contributed by atoms with Crippen molar-refractivity contribution in [3.63, 3.8) is 0 Å². The molecule has 1 aromatic carbocycles. The average molecular weight is 273 g/mol. The lowest BCUT2D eigenvalue weighted by molar-refractivity contribution is -0.140. The predicted molar refractivity (Wildman–Crippen MR) is 60.6 cm³/mol. The fraction of sp³-hybridized carbons (Fsp3) is 0.100. The molecule has 1 aromatic rings. The van der Waals surface area contributed by atoms with Crippen molar-refractivity contribution < 1.29 is 14.4 Å². The van der Waals surface area contributed by atoms with E-state index in [4.69, 9.17) is 23.2 Å². The Balaban J connectivity index is 2.24. The van der Waals surface area contributed by atoms with Crippen LogP contribution in [0.3, 0.4) is 0 Å². The molecule has 0 spiro atoms. The highest BCUT2D eigenvalue weighted by molar-refractivity contribution is 6.44. The zero-order valence-corrected chi connectivity index (χ0v) is 9.88. The molecule has 0 saturated carbocycles. The number of carbonyl (C=O) groups is 3. The van der Waals surface area contributed by atoms with Crippen molar-refractivity contribution in [1.29, 1.82) is 0 Å². The Bertz CT molecular complexity index is 530. The molecule has 2 rings (SSSR count). The van der Waals surface area contributed by atoms with E-state index in [2.05, 4.69) is 0 Å². The van der Waals surface area contributed by atoms with Crippen LogP contribution in [0, 0.1) is 0 Å². The first-order valence-electron chi connectivity index (χ1n) is 4.60. The summed E-state index contributed by atoms with van der Waals surface area (Å²) in [5.74, 6) is -1.82. The van der Waals surface area contributed by atoms with Gasteiger partial charge >= 0.3 is 17.8 Å². The Kier molecular flexibility index (Phi) is 3.04. The summed E-state index contributed by atoms with van der Waals surface area (Å²) in [5.41, 5.74) is 0.536. The summed E-state index contributed by atoms with van der Waals surface area (Å²) in [4.78, 5) is 34.3. The molecular formula is C10H6Cl2N2O3. The van der Waals surface area contributed by atoms with Crippen LogP contribution in [0.5, 0.6) is 0 Å². The largest absolute Gasteiger partial charge is 0.331 e. The lowest BCUT2D eigenvalue weighted by Crippen LogP contribution is -2.30. The number of nitrogens with zero attached hydrogens (tertiary/aromatic N) is 1. The summed E-state index contributed by atoms with van der Waals surface area (Å²) in [6.07, 6.45) is 0. The van der Waals surface area contributed by atoms with Crippen molar-refractivity contribution in [2.75, 3.05) is 0 Å². The maximum Gasteiger partial charge on any atom is 0.331 e. The highest BCUT2D eigenvalue weighted by Crippen LogP contribution is 2.22. The highest BCUT2D eigenvalue weighted by Gasteiger charge is 2.36. The molecule has 1 heterocycles. The van der Waals surface area contributed by atoms with Gasteiger partial charge in [0, 0.05) is 10.0 Å². The summed E-state index contributed by atoms with van der Waals surface area (Å²) in [5, 5.41) is 2.68. The normalized spacial score (nSPS) is 15.4. The molecule has 0 atom stereocenters. The second kappa shape index (κ2) is 4.35. The summed E-state index contributed by atoms with van der Waals surface area (Å²) in [7, 11) is 0. The maximum absolute atomic E-state index is 11.3. The van der Waals surface area contributed by atoms with Gasteiger partial charge in [0.2, 0.25) is 0 Å². The number of halogens is 2. The number of hydrogen-bond acceptors (Lipinski definition) is 3. The minimum atomic E-state index is -0.930. The summed E-state index contributed by atoms with van der Waals surface area (Å²) in [6, 6.07) is 3.93. The SMILES string of the molecule is O=C1NC(=O)N(Cc2ccc(Cl)cc2Cl)C1=O. The van der Waals surface area contributed by atoms with E-state index in [1.54, 1.807) is 12.1 Å². The number of hydrogen-bond donors (Lipinski definition) is 1. The highest BCUT2D eigenvalue weighted by atomic mass is 35.5. The van der Waals surface area contributed by atoms with Gasteiger partial charge in [0.15, 0.2) is 0 Å². The fourth-order valence-corrected chi connectivity index (χ4v) is 1.86. The molecule has 0 aliphatic carbocycles. The minimum absolute atomic E-state index is 0.0631. The Hall–Kier alpha value is -1.59. The monoisotopic (exact) mass is 272 g/mol. The van der Waals surface area contributed by atoms with Crippen molar-refractivity contribution in [2.24, 2.45) is 0 Å². The van der Waals surface area contributed by atoms with Crippen molar-refractivity contribution in [1.82, 2.24) is 10.2 Å². The van der Waals surface area contributed by atoms with Gasteiger partial charge in [-0.1, -0.05) is 29.3 Å². The molecule has 0 unspecified atom stereocenters. The molecule has 7 heteroatoms. The average Bonchev–Trinajstić information content (AvgIpc) is 2.48. The number of nitrogens with one attached hydrogen (secondary N) is 1. The van der Waals surface area contributed by atoms with Crippen molar-refractivity contribution in [2.45, 2.75) is 6.54 Å². The van der Waals surface area contributed by atoms with Crippen molar-refractivity contribution in [3.8, 4) is 0 Å². The molecule has 88 valence electrons. The van der Waals surface area contributed by atoms with Crippen LogP contribution < -0.4 is 5.32 Å². The molecule has 1 aliphatic rings. The maximum atomic E-state index is 11.3. The number of amides is 4. The van der Waals surface area contributed by atoms with E-state index in [0.717, 1.165) is 4.90 Å². The molecule has 0 aromatic heterocycles. The minimum Gasteiger partial charge on any atom is -0.269 e. The lowest BCUT2D eigenvalue weighted by atomic mass is 10.2. The van der Waals surface area contributed by atoms with Crippen LogP contribution in [-0.2, 0) is 16.1 Å². The Labute approximate surface area is 106 Å². The van der Waals surface area contributed by atoms with Crippen LogP contribution in [0.2, 0.25) is 10.0 Å². The van der Waals surface area contributed by atoms with Crippen LogP contribution in [-0.4, -0.2) is 22.7 Å². The summed E-state index contributed by atoms with van der Waals surface area (Å²) in [6.45, 7) is -0.0631. The van der Waals surface area contributed by atoms with Crippen molar-refractivity contribution >= 4 is 41.0 Å². The van der Waals surface area contributed by atoms with Gasteiger partial charge < -0.3 is 0 Å². The smallest absolute Gasteiger partial charge is 0.269 e. The van der Waals surface area contributed by atoms with E-state index in [1.165, 1.54) is 6.07 Å². The Morgan fingerprint density at radius 2 is 1.88 bits per heavy atom. The molecule has 1 aliphatic heterocycles. The third kappa shape index (κ3) is 2.25. The lowest BCUT2D eigenvalue weighted by Gasteiger charge is -2.12. The Morgan fingerprint density at radius 3 is 2.41 bits per heavy atom. The van der Waals surface area contributed by atoms with E-state index in [0.29, 0.717) is 15.6 Å². The molecule has 0 bridgehead atoms. The first-order valence-corrected chi connectivity index (χ1v) is 5.35. The van der Waals surface area contributed by atoms with Gasteiger partial charge in [-0.25, -0.2) is 4.79 Å². The molecule has 1 fully saturated rings. The van der Waals surface area contributed by atoms with E-state index < -0.39 is 17.8 Å². The zero-order valence-electron chi connectivity index (χ0n) is 8.37. The number of benzene rings is 1. The number of urea groups is 1. The number of imide groups is 2. The van der Waals surface area contributed by atoms with E-state index in [-0.39, 0.29) is 6.54 Å². The van der Waals surface area contributed by atoms with Crippen LogP contribution in [0.25, 0.3) is 0 Å². The van der Waals surface area contributed by atoms with Gasteiger partial charge in [-0.3, -0.25) is 19.8 Å². The number of carbonyl (C=O) groups excluding carboxylic acids is 3. The van der Waals surface area contributed by atoms with Crippen LogP contribution in [0.1, 0.15) is 5.56 Å². The third-order valence-corrected chi connectivity index (χ3v) is 2.84. The van der Waals surface area contributed by atoms with Crippen LogP contribution >= 0.6 is 23.2 Å². The topological polar surface area (TPSA) is 66.5 Å². The Morgan fingerprint density at radius 1 is 1.18 bits per heavy atom. The molecule has 1 saturated heterocycles. The van der Waals surface area contributed by atoms with Crippen LogP contribution in [0.15, 0.2) is 18.2 Å². The standard InChI is InChI=1S/C10H6Cl2N2O3/c11-6-2-1-5(7(12)3-6)4-14-9(16)8(15)13-10(14)17/h1-3H,4H2,(H,13,15,17). The second-order valence-corrected chi connectivity index (χ2v) is 4.23. The van der Waals surface area contributed by atoms with E-state index >= 15 is 0 Å². The van der Waals surface area contributed by atoms with Crippen LogP contribution in [0.4, 0.5) is 4.79 Å². The molecular weight excluding hydrogens is 267 g/mol. The van der Waals surface area contributed by atoms with Gasteiger partial charge in [0.1, 0.15) is 0 Å². The summed E-state index contributed by atoms with van der Waals surface area (Å²) < 4.78 is 0. The first-order chi connectivity index (χ1) is 7.99. The molecule has 5 nitrogen and oxygen atoms in total. The first kappa shape index (κ1) is 11.9. The van der Waals surface area contributed by atoms with Gasteiger partial charge in [0.25, 0.3) is 0 Å². The van der Waals surface area contributed by atoms with Gasteiger partial charge in [-0.2, -0.15) is 0 Å². The van der Waals surface area contributed by atoms with Gasteiger partial charge in [0.05, 0.1) is 6.54 Å². The molecule has 1 N–H and O–H groups in total. The zero-order chi connectivity index (χ0) is 12.6. The molecule has 4 amide bonds. The quantitative estimate of drug-likeness (QED) is 0.657. The summed E-state index contributed by atoms with van der Waals surface area (Å²) >= 11 is 11.6. The molecule has 17 heavy (non-hydrogen) atoms. The van der Waals surface area contributed by atoms with Crippen molar-refractivity contribution in [3.05, 3.63) is 33.8 Å². The third-order valence-electron chi connectivity index (χ3n) is 2.25. The van der Waals surface area contributed by atoms with Gasteiger partial charge in [-0.05, 0) is 17.7 Å². The molecule has 0 radical (unpaired) electrons. The van der Waals surface area contributed by atoms with E-state index in [9.17, 15) is 14.4 Å². The van der Waals surface area contributed by atoms with E-state index in [1.807, 2.05) is 5.32 Å². The number of rotatable bonds is 2. The fourth-order valence-electron chi connectivity index (χ4n) is 1.40.